The average molecular weight is 316 g/mol. The van der Waals surface area contributed by atoms with Gasteiger partial charge in [-0.05, 0) is 65.1 Å². The SMILES string of the molecule is CC/C(C1=C=CC=C1)=C(/c1ccc(O)cc1)c1ccc(OC)cc1. The van der Waals surface area contributed by atoms with Crippen LogP contribution in [0.15, 0.2) is 83.6 Å². The number of methoxy groups -OCH3 is 1. The fourth-order valence-corrected chi connectivity index (χ4v) is 2.92. The van der Waals surface area contributed by atoms with Crippen molar-refractivity contribution in [3.05, 3.63) is 94.8 Å². The predicted molar refractivity (Wildman–Crippen MR) is 98.1 cm³/mol. The summed E-state index contributed by atoms with van der Waals surface area (Å²) in [7, 11) is 1.67. The molecule has 1 aliphatic carbocycles. The van der Waals surface area contributed by atoms with Gasteiger partial charge in [0, 0.05) is 5.57 Å². The topological polar surface area (TPSA) is 29.5 Å². The molecule has 0 atom stereocenters. The molecule has 0 spiro atoms. The minimum Gasteiger partial charge on any atom is -0.508 e. The van der Waals surface area contributed by atoms with Gasteiger partial charge in [-0.2, -0.15) is 0 Å². The molecule has 0 aliphatic heterocycles. The van der Waals surface area contributed by atoms with E-state index in [0.717, 1.165) is 34.4 Å². The van der Waals surface area contributed by atoms with Crippen LogP contribution in [0.2, 0.25) is 0 Å². The van der Waals surface area contributed by atoms with Crippen molar-refractivity contribution in [3.8, 4) is 11.5 Å². The van der Waals surface area contributed by atoms with Crippen LogP contribution in [0.5, 0.6) is 11.5 Å². The number of aromatic hydroxyl groups is 1. The average Bonchev–Trinajstić information content (AvgIpc) is 3.15. The van der Waals surface area contributed by atoms with Gasteiger partial charge in [0.2, 0.25) is 0 Å². The van der Waals surface area contributed by atoms with E-state index in [0.29, 0.717) is 0 Å². The Bertz CT molecular complexity index is 844. The Labute approximate surface area is 142 Å². The summed E-state index contributed by atoms with van der Waals surface area (Å²) in [6.45, 7) is 2.15. The van der Waals surface area contributed by atoms with Gasteiger partial charge in [-0.3, -0.25) is 0 Å². The van der Waals surface area contributed by atoms with Gasteiger partial charge in [-0.15, -0.1) is 5.73 Å². The molecular formula is C22H20O2. The standard InChI is InChI=1S/C22H20O2/c1-3-21(16-6-4-5-7-16)22(17-8-12-19(23)13-9-17)18-10-14-20(24-2)15-11-18/h4-6,8-15,23H,3H2,1-2H3/b22-21+. The Morgan fingerprint density at radius 1 is 1.00 bits per heavy atom. The molecular weight excluding hydrogens is 296 g/mol. The first-order valence-corrected chi connectivity index (χ1v) is 8.03. The molecule has 0 unspecified atom stereocenters. The van der Waals surface area contributed by atoms with Crippen molar-refractivity contribution in [2.45, 2.75) is 13.3 Å². The van der Waals surface area contributed by atoms with Crippen LogP contribution in [0.1, 0.15) is 24.5 Å². The van der Waals surface area contributed by atoms with Crippen molar-refractivity contribution in [1.29, 1.82) is 0 Å². The van der Waals surface area contributed by atoms with Gasteiger partial charge >= 0.3 is 0 Å². The highest BCUT2D eigenvalue weighted by Crippen LogP contribution is 2.34. The molecule has 0 saturated heterocycles. The molecule has 2 aromatic rings. The van der Waals surface area contributed by atoms with Gasteiger partial charge in [-0.1, -0.05) is 37.3 Å². The highest BCUT2D eigenvalue weighted by Gasteiger charge is 2.14. The zero-order valence-corrected chi connectivity index (χ0v) is 13.9. The van der Waals surface area contributed by atoms with Crippen molar-refractivity contribution in [2.75, 3.05) is 7.11 Å². The van der Waals surface area contributed by atoms with Crippen molar-refractivity contribution in [1.82, 2.24) is 0 Å². The van der Waals surface area contributed by atoms with Gasteiger partial charge in [0.25, 0.3) is 0 Å². The summed E-state index contributed by atoms with van der Waals surface area (Å²) < 4.78 is 5.27. The van der Waals surface area contributed by atoms with E-state index >= 15 is 0 Å². The minimum absolute atomic E-state index is 0.269. The zero-order valence-electron chi connectivity index (χ0n) is 13.9. The fraction of sp³-hybridized carbons (Fsp3) is 0.136. The lowest BCUT2D eigenvalue weighted by Gasteiger charge is -2.16. The molecule has 0 bridgehead atoms. The number of allylic oxidation sites excluding steroid dienone is 4. The fourth-order valence-electron chi connectivity index (χ4n) is 2.92. The summed E-state index contributed by atoms with van der Waals surface area (Å²) in [5.74, 6) is 1.10. The number of ether oxygens (including phenoxy) is 1. The van der Waals surface area contributed by atoms with E-state index < -0.39 is 0 Å². The molecule has 1 N–H and O–H groups in total. The van der Waals surface area contributed by atoms with Crippen LogP contribution in [0.4, 0.5) is 0 Å². The molecule has 0 aromatic heterocycles. The molecule has 1 aliphatic rings. The molecule has 2 aromatic carbocycles. The van der Waals surface area contributed by atoms with Gasteiger partial charge < -0.3 is 9.84 Å². The normalized spacial score (nSPS) is 13.7. The van der Waals surface area contributed by atoms with Crippen LogP contribution < -0.4 is 4.74 Å². The number of benzene rings is 2. The molecule has 24 heavy (non-hydrogen) atoms. The molecule has 2 nitrogen and oxygen atoms in total. The summed E-state index contributed by atoms with van der Waals surface area (Å²) in [5.41, 5.74) is 9.00. The molecule has 3 rings (SSSR count). The largest absolute Gasteiger partial charge is 0.508 e. The second-order valence-corrected chi connectivity index (χ2v) is 5.57. The summed E-state index contributed by atoms with van der Waals surface area (Å²) in [6.07, 6.45) is 6.92. The van der Waals surface area contributed by atoms with E-state index in [1.54, 1.807) is 19.2 Å². The van der Waals surface area contributed by atoms with Gasteiger partial charge in [0.1, 0.15) is 11.5 Å². The maximum Gasteiger partial charge on any atom is 0.118 e. The van der Waals surface area contributed by atoms with Crippen molar-refractivity contribution < 1.29 is 9.84 Å². The lowest BCUT2D eigenvalue weighted by atomic mass is 9.88. The molecule has 0 fully saturated rings. The summed E-state index contributed by atoms with van der Waals surface area (Å²) >= 11 is 0. The van der Waals surface area contributed by atoms with Crippen molar-refractivity contribution in [3.63, 3.8) is 0 Å². The third-order valence-electron chi connectivity index (χ3n) is 4.11. The van der Waals surface area contributed by atoms with Crippen LogP contribution in [0.3, 0.4) is 0 Å². The first kappa shape index (κ1) is 15.9. The Hall–Kier alpha value is -2.96. The second-order valence-electron chi connectivity index (χ2n) is 5.57. The first-order valence-electron chi connectivity index (χ1n) is 8.03. The van der Waals surface area contributed by atoms with Gasteiger partial charge in [0.15, 0.2) is 0 Å². The summed E-state index contributed by atoms with van der Waals surface area (Å²) in [6, 6.07) is 15.4. The number of hydrogen-bond donors (Lipinski definition) is 1. The third-order valence-corrected chi connectivity index (χ3v) is 4.11. The van der Waals surface area contributed by atoms with Crippen molar-refractivity contribution in [2.24, 2.45) is 0 Å². The van der Waals surface area contributed by atoms with Gasteiger partial charge in [0.05, 0.1) is 7.11 Å². The van der Waals surface area contributed by atoms with E-state index in [1.165, 1.54) is 5.57 Å². The van der Waals surface area contributed by atoms with Gasteiger partial charge in [-0.25, -0.2) is 0 Å². The molecule has 0 amide bonds. The molecule has 0 radical (unpaired) electrons. The van der Waals surface area contributed by atoms with Crippen LogP contribution in [-0.2, 0) is 0 Å². The highest BCUT2D eigenvalue weighted by atomic mass is 16.5. The van der Waals surface area contributed by atoms with E-state index in [4.69, 9.17) is 4.74 Å². The van der Waals surface area contributed by atoms with Crippen LogP contribution >= 0.6 is 0 Å². The summed E-state index contributed by atoms with van der Waals surface area (Å²) in [4.78, 5) is 0. The minimum atomic E-state index is 0.269. The first-order chi connectivity index (χ1) is 11.7. The molecule has 2 heteroatoms. The zero-order chi connectivity index (χ0) is 16.9. The maximum atomic E-state index is 9.62. The predicted octanol–water partition coefficient (Wildman–Crippen LogP) is 5.26. The Morgan fingerprint density at radius 2 is 1.62 bits per heavy atom. The Kier molecular flexibility index (Phi) is 4.69. The van der Waals surface area contributed by atoms with E-state index in [9.17, 15) is 5.11 Å². The number of phenols is 1. The molecule has 0 heterocycles. The van der Waals surface area contributed by atoms with Crippen LogP contribution in [-0.4, -0.2) is 12.2 Å². The molecule has 0 saturated carbocycles. The Morgan fingerprint density at radius 3 is 2.12 bits per heavy atom. The number of hydrogen-bond acceptors (Lipinski definition) is 2. The highest BCUT2D eigenvalue weighted by molar-refractivity contribution is 5.85. The van der Waals surface area contributed by atoms with Crippen LogP contribution in [0, 0.1) is 0 Å². The van der Waals surface area contributed by atoms with E-state index in [-0.39, 0.29) is 5.75 Å². The Balaban J connectivity index is 2.21. The lowest BCUT2D eigenvalue weighted by molar-refractivity contribution is 0.415. The lowest BCUT2D eigenvalue weighted by Crippen LogP contribution is -1.96. The van der Waals surface area contributed by atoms with Crippen LogP contribution in [0.25, 0.3) is 5.57 Å². The van der Waals surface area contributed by atoms with E-state index in [2.05, 4.69) is 30.9 Å². The third kappa shape index (κ3) is 3.19. The number of rotatable bonds is 5. The smallest absolute Gasteiger partial charge is 0.118 e. The summed E-state index contributed by atoms with van der Waals surface area (Å²) in [5, 5.41) is 9.62. The maximum absolute atomic E-state index is 9.62. The van der Waals surface area contributed by atoms with E-state index in [1.807, 2.05) is 36.4 Å². The van der Waals surface area contributed by atoms with Crippen molar-refractivity contribution >= 4 is 5.57 Å². The quantitative estimate of drug-likeness (QED) is 0.762. The monoisotopic (exact) mass is 316 g/mol. The second kappa shape index (κ2) is 7.08. The molecule has 120 valence electrons. The number of phenolic OH excluding ortho intramolecular Hbond substituents is 1.